The van der Waals surface area contributed by atoms with Crippen molar-refractivity contribution in [3.8, 4) is 33.5 Å². The van der Waals surface area contributed by atoms with Gasteiger partial charge in [0.1, 0.15) is 22.4 Å². The third kappa shape index (κ3) is 4.64. The third-order valence-electron chi connectivity index (χ3n) is 4.43. The van der Waals surface area contributed by atoms with Crippen molar-refractivity contribution >= 4 is 17.3 Å². The van der Waals surface area contributed by atoms with Crippen molar-refractivity contribution in [2.75, 3.05) is 13.7 Å². The van der Waals surface area contributed by atoms with Crippen LogP contribution in [0.5, 0.6) is 5.75 Å². The van der Waals surface area contributed by atoms with Crippen molar-refractivity contribution in [1.29, 1.82) is 5.26 Å². The van der Waals surface area contributed by atoms with Crippen LogP contribution in [-0.2, 0) is 10.2 Å². The number of ether oxygens (including phenoxy) is 2. The Morgan fingerprint density at radius 1 is 1.17 bits per heavy atom. The number of thiophene rings is 1. The Hall–Kier alpha value is -3.17. The SMILES string of the molecule is COC(=O)c1ccc(-c2ncc(-c3cccc(C(C)(C)C)c3)cc2OCC#N)s1. The lowest BCUT2D eigenvalue weighted by atomic mass is 9.85. The van der Waals surface area contributed by atoms with Gasteiger partial charge in [0, 0.05) is 11.8 Å². The van der Waals surface area contributed by atoms with Crippen LogP contribution in [0.25, 0.3) is 21.7 Å². The maximum atomic E-state index is 11.8. The van der Waals surface area contributed by atoms with E-state index >= 15 is 0 Å². The summed E-state index contributed by atoms with van der Waals surface area (Å²) in [6.45, 7) is 6.43. The van der Waals surface area contributed by atoms with Crippen molar-refractivity contribution in [3.05, 3.63) is 59.1 Å². The lowest BCUT2D eigenvalue weighted by Crippen LogP contribution is -2.10. The Labute approximate surface area is 174 Å². The average Bonchev–Trinajstić information content (AvgIpc) is 3.21. The molecule has 3 aromatic rings. The van der Waals surface area contributed by atoms with Gasteiger partial charge in [-0.1, -0.05) is 45.0 Å². The summed E-state index contributed by atoms with van der Waals surface area (Å²) < 4.78 is 10.4. The van der Waals surface area contributed by atoms with Gasteiger partial charge < -0.3 is 9.47 Å². The topological polar surface area (TPSA) is 72.2 Å². The molecule has 0 bridgehead atoms. The van der Waals surface area contributed by atoms with Gasteiger partial charge in [0.05, 0.1) is 12.0 Å². The molecule has 0 saturated carbocycles. The fraction of sp³-hybridized carbons (Fsp3) is 0.261. The molecule has 0 aliphatic heterocycles. The first-order valence-electron chi connectivity index (χ1n) is 9.12. The molecule has 0 spiro atoms. The number of carbonyl (C=O) groups excluding carboxylic acids is 1. The smallest absolute Gasteiger partial charge is 0.348 e. The van der Waals surface area contributed by atoms with Crippen LogP contribution in [0.15, 0.2) is 48.7 Å². The lowest BCUT2D eigenvalue weighted by Gasteiger charge is -2.20. The van der Waals surface area contributed by atoms with Crippen molar-refractivity contribution in [2.24, 2.45) is 0 Å². The maximum absolute atomic E-state index is 11.8. The number of pyridine rings is 1. The fourth-order valence-corrected chi connectivity index (χ4v) is 3.77. The number of carbonyl (C=O) groups is 1. The summed E-state index contributed by atoms with van der Waals surface area (Å²) in [7, 11) is 1.35. The van der Waals surface area contributed by atoms with E-state index in [1.165, 1.54) is 24.0 Å². The summed E-state index contributed by atoms with van der Waals surface area (Å²) in [5.74, 6) is 0.111. The molecule has 2 aromatic heterocycles. The summed E-state index contributed by atoms with van der Waals surface area (Å²) in [6, 6.07) is 15.7. The molecule has 0 amide bonds. The second-order valence-corrected chi connectivity index (χ2v) is 8.59. The van der Waals surface area contributed by atoms with Gasteiger partial charge in [-0.25, -0.2) is 4.79 Å². The largest absolute Gasteiger partial charge is 0.476 e. The first-order chi connectivity index (χ1) is 13.8. The maximum Gasteiger partial charge on any atom is 0.348 e. The second kappa shape index (κ2) is 8.46. The van der Waals surface area contributed by atoms with Gasteiger partial charge in [-0.05, 0) is 34.7 Å². The molecule has 0 fully saturated rings. The zero-order chi connectivity index (χ0) is 21.0. The summed E-state index contributed by atoms with van der Waals surface area (Å²) in [5, 5.41) is 8.96. The van der Waals surface area contributed by atoms with Crippen LogP contribution in [0.4, 0.5) is 0 Å². The van der Waals surface area contributed by atoms with Crippen LogP contribution < -0.4 is 4.74 Å². The van der Waals surface area contributed by atoms with E-state index in [0.717, 1.165) is 16.0 Å². The van der Waals surface area contributed by atoms with Gasteiger partial charge in [-0.3, -0.25) is 4.98 Å². The van der Waals surface area contributed by atoms with E-state index < -0.39 is 5.97 Å². The molecule has 29 heavy (non-hydrogen) atoms. The minimum Gasteiger partial charge on any atom is -0.476 e. The van der Waals surface area contributed by atoms with Crippen LogP contribution in [0.2, 0.25) is 0 Å². The number of nitriles is 1. The van der Waals surface area contributed by atoms with Gasteiger partial charge >= 0.3 is 5.97 Å². The molecule has 0 aliphatic carbocycles. The second-order valence-electron chi connectivity index (χ2n) is 7.50. The third-order valence-corrected chi connectivity index (χ3v) is 5.50. The highest BCUT2D eigenvalue weighted by molar-refractivity contribution is 7.17. The van der Waals surface area contributed by atoms with Crippen LogP contribution >= 0.6 is 11.3 Å². The summed E-state index contributed by atoms with van der Waals surface area (Å²) >= 11 is 1.27. The zero-order valence-electron chi connectivity index (χ0n) is 16.9. The van der Waals surface area contributed by atoms with E-state index in [-0.39, 0.29) is 12.0 Å². The van der Waals surface area contributed by atoms with E-state index in [1.807, 2.05) is 24.3 Å². The van der Waals surface area contributed by atoms with Crippen molar-refractivity contribution in [2.45, 2.75) is 26.2 Å². The van der Waals surface area contributed by atoms with Crippen molar-refractivity contribution < 1.29 is 14.3 Å². The summed E-state index contributed by atoms with van der Waals surface area (Å²) in [6.07, 6.45) is 1.79. The number of hydrogen-bond acceptors (Lipinski definition) is 6. The predicted octanol–water partition coefficient (Wildman–Crippen LogP) is 5.46. The van der Waals surface area contributed by atoms with Gasteiger partial charge in [0.2, 0.25) is 0 Å². The van der Waals surface area contributed by atoms with Crippen LogP contribution in [-0.4, -0.2) is 24.7 Å². The van der Waals surface area contributed by atoms with E-state index in [0.29, 0.717) is 16.3 Å². The minimum atomic E-state index is -0.392. The van der Waals surface area contributed by atoms with E-state index in [1.54, 1.807) is 18.3 Å². The molecule has 1 aromatic carbocycles. The highest BCUT2D eigenvalue weighted by Crippen LogP contribution is 2.37. The number of aromatic nitrogens is 1. The molecule has 0 N–H and O–H groups in total. The Morgan fingerprint density at radius 3 is 2.66 bits per heavy atom. The highest BCUT2D eigenvalue weighted by Gasteiger charge is 2.17. The van der Waals surface area contributed by atoms with E-state index in [9.17, 15) is 4.79 Å². The van der Waals surface area contributed by atoms with Gasteiger partial charge in [-0.15, -0.1) is 11.3 Å². The number of nitrogens with zero attached hydrogens (tertiary/aromatic N) is 2. The molecule has 5 nitrogen and oxygen atoms in total. The van der Waals surface area contributed by atoms with Crippen LogP contribution in [0.1, 0.15) is 36.0 Å². The molecular formula is C23H22N2O3S. The fourth-order valence-electron chi connectivity index (χ4n) is 2.85. The molecule has 0 radical (unpaired) electrons. The first kappa shape index (κ1) is 20.6. The lowest BCUT2D eigenvalue weighted by molar-refractivity contribution is 0.0606. The highest BCUT2D eigenvalue weighted by atomic mass is 32.1. The number of hydrogen-bond donors (Lipinski definition) is 0. The zero-order valence-corrected chi connectivity index (χ0v) is 17.7. The number of methoxy groups -OCH3 is 1. The van der Waals surface area contributed by atoms with Crippen LogP contribution in [0.3, 0.4) is 0 Å². The van der Waals surface area contributed by atoms with E-state index in [2.05, 4.69) is 37.9 Å². The summed E-state index contributed by atoms with van der Waals surface area (Å²) in [4.78, 5) is 17.6. The predicted molar refractivity (Wildman–Crippen MR) is 114 cm³/mol. The van der Waals surface area contributed by atoms with Gasteiger partial charge in [0.15, 0.2) is 6.61 Å². The number of esters is 1. The molecule has 2 heterocycles. The Balaban J connectivity index is 2.04. The number of rotatable bonds is 5. The molecule has 3 rings (SSSR count). The minimum absolute atomic E-state index is 0.0325. The molecule has 6 heteroatoms. The van der Waals surface area contributed by atoms with Crippen molar-refractivity contribution in [3.63, 3.8) is 0 Å². The molecule has 0 unspecified atom stereocenters. The Kier molecular flexibility index (Phi) is 6.00. The monoisotopic (exact) mass is 406 g/mol. The molecular weight excluding hydrogens is 384 g/mol. The van der Waals surface area contributed by atoms with Crippen molar-refractivity contribution in [1.82, 2.24) is 4.98 Å². The molecule has 0 atom stereocenters. The number of benzene rings is 1. The Bertz CT molecular complexity index is 1070. The average molecular weight is 407 g/mol. The first-order valence-corrected chi connectivity index (χ1v) is 9.94. The van der Waals surface area contributed by atoms with E-state index in [4.69, 9.17) is 14.7 Å². The van der Waals surface area contributed by atoms with Gasteiger partial charge in [-0.2, -0.15) is 5.26 Å². The molecule has 0 saturated heterocycles. The Morgan fingerprint density at radius 2 is 1.97 bits per heavy atom. The quantitative estimate of drug-likeness (QED) is 0.526. The standard InChI is InChI=1S/C23H22N2O3S/c1-23(2,3)17-7-5-6-15(12-17)16-13-18(28-11-10-24)21(25-14-16)19-8-9-20(29-19)22(26)27-4/h5-9,12-14H,11H2,1-4H3. The normalized spacial score (nSPS) is 11.0. The van der Waals surface area contributed by atoms with Gasteiger partial charge in [0.25, 0.3) is 0 Å². The van der Waals surface area contributed by atoms with Crippen LogP contribution in [0, 0.1) is 11.3 Å². The summed E-state index contributed by atoms with van der Waals surface area (Å²) in [5.41, 5.74) is 3.78. The molecule has 0 aliphatic rings. The molecule has 148 valence electrons.